The van der Waals surface area contributed by atoms with Crippen LogP contribution in [0.1, 0.15) is 86.0 Å². The number of unbranched alkanes of at least 4 members (excludes halogenated alkanes) is 1. The van der Waals surface area contributed by atoms with Gasteiger partial charge in [0.15, 0.2) is 5.82 Å². The minimum Gasteiger partial charge on any atom is -0.444 e. The van der Waals surface area contributed by atoms with Crippen LogP contribution in [-0.2, 0) is 14.9 Å². The predicted molar refractivity (Wildman–Crippen MR) is 152 cm³/mol. The van der Waals surface area contributed by atoms with Gasteiger partial charge < -0.3 is 25.2 Å². The molecule has 0 aliphatic carbocycles. The molecule has 0 bridgehead atoms. The topological polar surface area (TPSA) is 135 Å². The summed E-state index contributed by atoms with van der Waals surface area (Å²) in [6.07, 6.45) is 3.28. The molecule has 0 fully saturated rings. The van der Waals surface area contributed by atoms with E-state index in [0.29, 0.717) is 42.5 Å². The van der Waals surface area contributed by atoms with Crippen molar-refractivity contribution in [1.29, 1.82) is 0 Å². The molecular formula is C28H43N7O4. The van der Waals surface area contributed by atoms with Gasteiger partial charge in [-0.25, -0.2) is 9.78 Å². The molecule has 2 aromatic rings. The fraction of sp³-hybridized carbons (Fsp3) is 0.607. The number of ether oxygens (including phenoxy) is 1. The second-order valence-electron chi connectivity index (χ2n) is 11.3. The summed E-state index contributed by atoms with van der Waals surface area (Å²) in [6.45, 7) is 16.4. The van der Waals surface area contributed by atoms with Crippen molar-refractivity contribution < 1.29 is 18.8 Å². The summed E-state index contributed by atoms with van der Waals surface area (Å²) < 4.78 is 10.7. The fourth-order valence-corrected chi connectivity index (χ4v) is 3.08. The Labute approximate surface area is 231 Å². The molecule has 0 radical (unpaired) electrons. The molecule has 2 heterocycles. The zero-order valence-electron chi connectivity index (χ0n) is 24.7. The smallest absolute Gasteiger partial charge is 0.410 e. The number of nitrogens with one attached hydrogen (secondary N) is 3. The molecule has 0 spiro atoms. The highest BCUT2D eigenvalue weighted by Gasteiger charge is 2.26. The molecule has 11 heteroatoms. The predicted octanol–water partition coefficient (Wildman–Crippen LogP) is 4.83. The number of carbonyl (C=O) groups is 2. The van der Waals surface area contributed by atoms with E-state index in [1.165, 1.54) is 4.90 Å². The Balaban J connectivity index is 1.92. The molecule has 0 saturated carbocycles. The van der Waals surface area contributed by atoms with Gasteiger partial charge in [0.2, 0.25) is 11.9 Å². The lowest BCUT2D eigenvalue weighted by Gasteiger charge is -2.28. The standard InChI is InChI=1S/C28H43N7O4/c1-10-15-29-23-20(18-31-25(33-23)32-22-17-21(39-34-22)27(3,4)5)14-12-11-13-16-30-24(36)19(2)35(9)26(37)38-28(6,7)8/h17-19H,10-11,13,15-16H2,1-9H3,(H,30,36)(H2,29,31,32,33,34)/t19-/m0/s1. The molecule has 11 nitrogen and oxygen atoms in total. The van der Waals surface area contributed by atoms with Gasteiger partial charge in [-0.15, -0.1) is 0 Å². The summed E-state index contributed by atoms with van der Waals surface area (Å²) in [7, 11) is 1.55. The van der Waals surface area contributed by atoms with Crippen LogP contribution >= 0.6 is 0 Å². The van der Waals surface area contributed by atoms with Gasteiger partial charge in [0.05, 0.1) is 11.8 Å². The summed E-state index contributed by atoms with van der Waals surface area (Å²) in [5.74, 6) is 8.32. The molecule has 39 heavy (non-hydrogen) atoms. The van der Waals surface area contributed by atoms with Gasteiger partial charge in [-0.2, -0.15) is 4.98 Å². The Hall–Kier alpha value is -3.81. The zero-order chi connectivity index (χ0) is 29.2. The highest BCUT2D eigenvalue weighted by molar-refractivity contribution is 5.85. The molecular weight excluding hydrogens is 498 g/mol. The van der Waals surface area contributed by atoms with E-state index >= 15 is 0 Å². The Morgan fingerprint density at radius 2 is 1.90 bits per heavy atom. The van der Waals surface area contributed by atoms with Crippen LogP contribution in [0.5, 0.6) is 0 Å². The lowest BCUT2D eigenvalue weighted by molar-refractivity contribution is -0.125. The first-order valence-corrected chi connectivity index (χ1v) is 13.3. The largest absolute Gasteiger partial charge is 0.444 e. The van der Waals surface area contributed by atoms with Gasteiger partial charge in [-0.3, -0.25) is 9.69 Å². The van der Waals surface area contributed by atoms with E-state index in [1.54, 1.807) is 40.9 Å². The number of aromatic nitrogens is 3. The second kappa shape index (κ2) is 13.8. The van der Waals surface area contributed by atoms with Crippen molar-refractivity contribution in [3.8, 4) is 11.8 Å². The SMILES string of the molecule is CCCNc1nc(Nc2cc(C(C)(C)C)on2)ncc1C#CCCCNC(=O)[C@H](C)N(C)C(=O)OC(C)(C)C. The maximum atomic E-state index is 12.4. The Morgan fingerprint density at radius 1 is 1.18 bits per heavy atom. The van der Waals surface area contributed by atoms with E-state index in [4.69, 9.17) is 9.26 Å². The van der Waals surface area contributed by atoms with Crippen LogP contribution in [0.2, 0.25) is 0 Å². The van der Waals surface area contributed by atoms with Gasteiger partial charge in [-0.1, -0.05) is 44.7 Å². The molecule has 1 atom stereocenters. The summed E-state index contributed by atoms with van der Waals surface area (Å²) in [4.78, 5) is 34.8. The van der Waals surface area contributed by atoms with Crippen molar-refractivity contribution in [1.82, 2.24) is 25.3 Å². The van der Waals surface area contributed by atoms with Crippen molar-refractivity contribution >= 4 is 29.6 Å². The van der Waals surface area contributed by atoms with Crippen LogP contribution < -0.4 is 16.0 Å². The van der Waals surface area contributed by atoms with Crippen molar-refractivity contribution in [2.45, 2.75) is 91.7 Å². The van der Waals surface area contributed by atoms with Gasteiger partial charge in [0, 0.05) is 38.0 Å². The molecule has 0 aromatic carbocycles. The molecule has 2 amide bonds. The van der Waals surface area contributed by atoms with E-state index in [1.807, 2.05) is 26.8 Å². The Kier molecular flexibility index (Phi) is 11.1. The van der Waals surface area contributed by atoms with Crippen LogP contribution in [0, 0.1) is 11.8 Å². The van der Waals surface area contributed by atoms with Crippen molar-refractivity contribution in [2.24, 2.45) is 0 Å². The Morgan fingerprint density at radius 3 is 2.51 bits per heavy atom. The minimum atomic E-state index is -0.653. The van der Waals surface area contributed by atoms with Crippen molar-refractivity contribution in [2.75, 3.05) is 30.8 Å². The van der Waals surface area contributed by atoms with E-state index in [-0.39, 0.29) is 11.3 Å². The van der Waals surface area contributed by atoms with Gasteiger partial charge in [0.1, 0.15) is 23.2 Å². The zero-order valence-corrected chi connectivity index (χ0v) is 24.7. The normalized spacial score (nSPS) is 12.1. The van der Waals surface area contributed by atoms with Gasteiger partial charge >= 0.3 is 6.09 Å². The van der Waals surface area contributed by atoms with Crippen LogP contribution in [0.25, 0.3) is 0 Å². The number of likely N-dealkylation sites (N-methyl/N-ethyl adjacent to an activating group) is 1. The third-order valence-corrected chi connectivity index (χ3v) is 5.46. The average molecular weight is 542 g/mol. The van der Waals surface area contributed by atoms with E-state index in [2.05, 4.69) is 49.8 Å². The molecule has 0 aliphatic rings. The first-order valence-electron chi connectivity index (χ1n) is 13.3. The van der Waals surface area contributed by atoms with Crippen LogP contribution in [0.3, 0.4) is 0 Å². The third kappa shape index (κ3) is 10.5. The molecule has 0 saturated heterocycles. The molecule has 2 aromatic heterocycles. The molecule has 0 aliphatic heterocycles. The lowest BCUT2D eigenvalue weighted by atomic mass is 9.93. The summed E-state index contributed by atoms with van der Waals surface area (Å²) >= 11 is 0. The van der Waals surface area contributed by atoms with E-state index in [0.717, 1.165) is 18.7 Å². The average Bonchev–Trinajstić information content (AvgIpc) is 3.32. The number of nitrogens with zero attached hydrogens (tertiary/aromatic N) is 4. The Bertz CT molecular complexity index is 1170. The highest BCUT2D eigenvalue weighted by Crippen LogP contribution is 2.25. The van der Waals surface area contributed by atoms with Crippen LogP contribution in [0.4, 0.5) is 22.4 Å². The first-order chi connectivity index (χ1) is 18.2. The van der Waals surface area contributed by atoms with Gasteiger partial charge in [-0.05, 0) is 40.5 Å². The number of rotatable bonds is 10. The third-order valence-electron chi connectivity index (χ3n) is 5.46. The molecule has 214 valence electrons. The summed E-state index contributed by atoms with van der Waals surface area (Å²) in [5.41, 5.74) is -0.0964. The molecule has 3 N–H and O–H groups in total. The maximum Gasteiger partial charge on any atom is 0.410 e. The number of anilines is 3. The van der Waals surface area contributed by atoms with Crippen molar-refractivity contribution in [3.05, 3.63) is 23.6 Å². The number of hydrogen-bond acceptors (Lipinski definition) is 9. The van der Waals surface area contributed by atoms with Crippen LogP contribution in [-0.4, -0.2) is 63.8 Å². The fourth-order valence-electron chi connectivity index (χ4n) is 3.08. The van der Waals surface area contributed by atoms with Crippen molar-refractivity contribution in [3.63, 3.8) is 0 Å². The minimum absolute atomic E-state index is 0.154. The maximum absolute atomic E-state index is 12.4. The number of hydrogen-bond donors (Lipinski definition) is 3. The lowest BCUT2D eigenvalue weighted by Crippen LogP contribution is -2.47. The summed E-state index contributed by atoms with van der Waals surface area (Å²) in [5, 5.41) is 13.3. The first kappa shape index (κ1) is 31.4. The van der Waals surface area contributed by atoms with E-state index < -0.39 is 17.7 Å². The summed E-state index contributed by atoms with van der Waals surface area (Å²) in [6, 6.07) is 1.19. The van der Waals surface area contributed by atoms with E-state index in [9.17, 15) is 9.59 Å². The second-order valence-corrected chi connectivity index (χ2v) is 11.3. The van der Waals surface area contributed by atoms with Crippen LogP contribution in [0.15, 0.2) is 16.8 Å². The quantitative estimate of drug-likeness (QED) is 0.285. The number of amides is 2. The molecule has 2 rings (SSSR count). The molecule has 0 unspecified atom stereocenters. The number of carbonyl (C=O) groups excluding carboxylic acids is 2. The monoisotopic (exact) mass is 541 g/mol. The van der Waals surface area contributed by atoms with Gasteiger partial charge in [0.25, 0.3) is 0 Å². The highest BCUT2D eigenvalue weighted by atomic mass is 16.6.